The van der Waals surface area contributed by atoms with Crippen molar-refractivity contribution in [2.45, 2.75) is 25.4 Å². The van der Waals surface area contributed by atoms with Gasteiger partial charge in [-0.25, -0.2) is 0 Å². The fourth-order valence-corrected chi connectivity index (χ4v) is 2.11. The second-order valence-electron chi connectivity index (χ2n) is 5.35. The van der Waals surface area contributed by atoms with Crippen LogP contribution in [-0.2, 0) is 11.3 Å². The largest absolute Gasteiger partial charge is 1.00 e. The molecule has 0 bridgehead atoms. The summed E-state index contributed by atoms with van der Waals surface area (Å²) in [6, 6.07) is 15.9. The molecule has 0 aliphatic carbocycles. The number of quaternary nitrogens is 1. The summed E-state index contributed by atoms with van der Waals surface area (Å²) in [6.45, 7) is 1.33. The van der Waals surface area contributed by atoms with Gasteiger partial charge in [0.05, 0.1) is 0 Å². The highest BCUT2D eigenvalue weighted by atomic mass is 35.5. The maximum absolute atomic E-state index is 14.1. The molecule has 2 aromatic rings. The van der Waals surface area contributed by atoms with Gasteiger partial charge >= 0.3 is 0 Å². The molecule has 6 heteroatoms. The molecule has 0 saturated heterocycles. The zero-order valence-electron chi connectivity index (χ0n) is 13.3. The van der Waals surface area contributed by atoms with Crippen LogP contribution < -0.4 is 28.2 Å². The number of carbonyl (C=O) groups excluding carboxylic acids is 1. The summed E-state index contributed by atoms with van der Waals surface area (Å²) >= 11 is 0. The first-order valence-corrected chi connectivity index (χ1v) is 7.62. The van der Waals surface area contributed by atoms with E-state index in [1.165, 1.54) is 0 Å². The second kappa shape index (κ2) is 10.8. The van der Waals surface area contributed by atoms with Gasteiger partial charge in [-0.15, -0.1) is 0 Å². The third-order valence-electron chi connectivity index (χ3n) is 3.41. The highest BCUT2D eigenvalue weighted by Gasteiger charge is 2.10. The van der Waals surface area contributed by atoms with Crippen LogP contribution in [0.5, 0.6) is 5.75 Å². The van der Waals surface area contributed by atoms with E-state index >= 15 is 0 Å². The van der Waals surface area contributed by atoms with E-state index in [2.05, 4.69) is 11.1 Å². The van der Waals surface area contributed by atoms with Crippen molar-refractivity contribution >= 4 is 6.29 Å². The van der Waals surface area contributed by atoms with Crippen molar-refractivity contribution in [2.24, 2.45) is 0 Å². The summed E-state index contributed by atoms with van der Waals surface area (Å²) in [4.78, 5) is 10.5. The van der Waals surface area contributed by atoms with Crippen LogP contribution in [0, 0.1) is 0 Å². The zero-order valence-corrected chi connectivity index (χ0v) is 14.1. The van der Waals surface area contributed by atoms with Crippen LogP contribution >= 0.6 is 0 Å². The Kier molecular flexibility index (Phi) is 9.01. The number of nitrogens with one attached hydrogen (secondary N) is 1. The maximum Gasteiger partial charge on any atom is 0.264 e. The minimum Gasteiger partial charge on any atom is -1.00 e. The van der Waals surface area contributed by atoms with Crippen LogP contribution in [-0.4, -0.2) is 18.9 Å². The molecular weight excluding hydrogens is 331 g/mol. The van der Waals surface area contributed by atoms with E-state index in [0.29, 0.717) is 30.8 Å². The van der Waals surface area contributed by atoms with E-state index in [1.807, 2.05) is 24.3 Å². The van der Waals surface area contributed by atoms with E-state index < -0.39 is 6.36 Å². The Labute approximate surface area is 147 Å². The summed E-state index contributed by atoms with van der Waals surface area (Å²) in [6.07, 6.45) is 0.0559. The number of aldehydes is 1. The van der Waals surface area contributed by atoms with Crippen molar-refractivity contribution < 1.29 is 32.1 Å². The van der Waals surface area contributed by atoms with Crippen LogP contribution in [0.1, 0.15) is 23.9 Å². The molecule has 2 unspecified atom stereocenters. The van der Waals surface area contributed by atoms with Crippen molar-refractivity contribution in [3.05, 3.63) is 65.7 Å². The summed E-state index contributed by atoms with van der Waals surface area (Å²) < 4.78 is 19.5. The van der Waals surface area contributed by atoms with Gasteiger partial charge < -0.3 is 28.2 Å². The van der Waals surface area contributed by atoms with E-state index in [9.17, 15) is 9.18 Å². The Morgan fingerprint density at radius 2 is 1.92 bits per heavy atom. The van der Waals surface area contributed by atoms with Gasteiger partial charge in [0.1, 0.15) is 11.8 Å². The Morgan fingerprint density at radius 1 is 1.17 bits per heavy atom. The Hall–Kier alpha value is -1.95. The Morgan fingerprint density at radius 3 is 2.62 bits per heavy atom. The molecule has 4 N–H and O–H groups in total. The quantitative estimate of drug-likeness (QED) is 0.451. The summed E-state index contributed by atoms with van der Waals surface area (Å²) in [5.74, 6) is 0.489. The minimum atomic E-state index is -1.49. The highest BCUT2D eigenvalue weighted by molar-refractivity contribution is 5.54. The average molecular weight is 353 g/mol. The fraction of sp³-hybridized carbons (Fsp3) is 0.278. The third kappa shape index (κ3) is 6.66. The summed E-state index contributed by atoms with van der Waals surface area (Å²) in [5.41, 5.74) is 5.19. The number of ether oxygens (including phenoxy) is 1. The lowest BCUT2D eigenvalue weighted by molar-refractivity contribution is -0.400. The van der Waals surface area contributed by atoms with Crippen molar-refractivity contribution in [2.75, 3.05) is 6.54 Å². The molecular formula is C18H22ClFN2O2. The van der Waals surface area contributed by atoms with Crippen LogP contribution in [0.2, 0.25) is 0 Å². The van der Waals surface area contributed by atoms with Gasteiger partial charge in [0.15, 0.2) is 6.29 Å². The van der Waals surface area contributed by atoms with Gasteiger partial charge in [-0.3, -0.25) is 4.79 Å². The molecule has 24 heavy (non-hydrogen) atoms. The van der Waals surface area contributed by atoms with Crippen molar-refractivity contribution in [3.63, 3.8) is 0 Å². The van der Waals surface area contributed by atoms with Crippen LogP contribution in [0.25, 0.3) is 0 Å². The van der Waals surface area contributed by atoms with Crippen LogP contribution in [0.15, 0.2) is 54.6 Å². The normalized spacial score (nSPS) is 12.8. The molecule has 0 radical (unpaired) electrons. The topological polar surface area (TPSA) is 66.0 Å². The van der Waals surface area contributed by atoms with Gasteiger partial charge in [-0.1, -0.05) is 42.5 Å². The van der Waals surface area contributed by atoms with Gasteiger partial charge in [0.2, 0.25) is 0 Å². The molecule has 0 saturated carbocycles. The molecule has 0 aromatic heterocycles. The fourth-order valence-electron chi connectivity index (χ4n) is 2.11. The molecule has 4 nitrogen and oxygen atoms in total. The van der Waals surface area contributed by atoms with Crippen LogP contribution in [0.3, 0.4) is 0 Å². The number of carbonyl (C=O) groups is 1. The standard InChI is InChI=1S/C18H21FN2O2.ClH/c19-18(15-6-2-1-3-7-15)23-17-8-4-5-14(11-17)12-21-10-9-16(20)13-22;/h1-8,11,13,16,18,21H,9-10,12,20H2;1H. The molecule has 2 aromatic carbocycles. The molecule has 0 fully saturated rings. The van der Waals surface area contributed by atoms with E-state index in [4.69, 9.17) is 4.74 Å². The first kappa shape index (κ1) is 20.1. The van der Waals surface area contributed by atoms with E-state index in [-0.39, 0.29) is 18.4 Å². The zero-order chi connectivity index (χ0) is 16.5. The summed E-state index contributed by atoms with van der Waals surface area (Å²) in [7, 11) is 0. The highest BCUT2D eigenvalue weighted by Crippen LogP contribution is 2.23. The van der Waals surface area contributed by atoms with Crippen molar-refractivity contribution in [1.82, 2.24) is 5.32 Å². The number of benzene rings is 2. The van der Waals surface area contributed by atoms with E-state index in [1.54, 1.807) is 30.3 Å². The molecule has 0 aliphatic heterocycles. The monoisotopic (exact) mass is 352 g/mol. The lowest BCUT2D eigenvalue weighted by atomic mass is 10.2. The van der Waals surface area contributed by atoms with E-state index in [0.717, 1.165) is 11.8 Å². The minimum absolute atomic E-state index is 0. The SMILES string of the molecule is [Cl-].[NH3+]C(C=O)CCNCc1cccc(OC(F)c2ccccc2)c1. The molecule has 0 spiro atoms. The first-order chi connectivity index (χ1) is 11.2. The molecule has 2 rings (SSSR count). The molecule has 2 atom stereocenters. The average Bonchev–Trinajstić information content (AvgIpc) is 2.59. The Balaban J connectivity index is 0.00000288. The smallest absolute Gasteiger partial charge is 0.264 e. The van der Waals surface area contributed by atoms with Crippen molar-refractivity contribution in [1.29, 1.82) is 0 Å². The van der Waals surface area contributed by atoms with Gasteiger partial charge in [0, 0.05) is 25.1 Å². The predicted octanol–water partition coefficient (Wildman–Crippen LogP) is -0.973. The summed E-state index contributed by atoms with van der Waals surface area (Å²) in [5, 5.41) is 3.23. The molecule has 0 amide bonds. The van der Waals surface area contributed by atoms with Gasteiger partial charge in [-0.2, -0.15) is 4.39 Å². The maximum atomic E-state index is 14.1. The number of rotatable bonds is 9. The number of alkyl halides is 1. The lowest BCUT2D eigenvalue weighted by Crippen LogP contribution is -3.00. The Bertz CT molecular complexity index is 613. The molecule has 130 valence electrons. The second-order valence-corrected chi connectivity index (χ2v) is 5.35. The molecule has 0 aliphatic rings. The lowest BCUT2D eigenvalue weighted by Gasteiger charge is -2.13. The first-order valence-electron chi connectivity index (χ1n) is 7.62. The molecule has 0 heterocycles. The van der Waals surface area contributed by atoms with Gasteiger partial charge in [0.25, 0.3) is 6.36 Å². The third-order valence-corrected chi connectivity index (χ3v) is 3.41. The van der Waals surface area contributed by atoms with Gasteiger partial charge in [-0.05, 0) is 17.7 Å². The number of hydrogen-bond acceptors (Lipinski definition) is 3. The van der Waals surface area contributed by atoms with Crippen LogP contribution in [0.4, 0.5) is 4.39 Å². The number of halogens is 2. The van der Waals surface area contributed by atoms with Crippen molar-refractivity contribution in [3.8, 4) is 5.75 Å². The predicted molar refractivity (Wildman–Crippen MR) is 86.4 cm³/mol. The number of hydrogen-bond donors (Lipinski definition) is 2.